The van der Waals surface area contributed by atoms with Gasteiger partial charge in [0.2, 0.25) is 10.0 Å². The maximum Gasteiger partial charge on any atom is 0.244 e. The molecule has 2 heterocycles. The first-order chi connectivity index (χ1) is 9.95. The van der Waals surface area contributed by atoms with Crippen LogP contribution in [0.1, 0.15) is 36.3 Å². The van der Waals surface area contributed by atoms with Crippen molar-refractivity contribution in [3.05, 3.63) is 28.0 Å². The highest BCUT2D eigenvalue weighted by atomic mass is 32.2. The molecule has 0 amide bonds. The second-order valence-corrected chi connectivity index (χ2v) is 7.20. The lowest BCUT2D eigenvalue weighted by Gasteiger charge is -2.12. The zero-order valence-electron chi connectivity index (χ0n) is 12.2. The highest BCUT2D eigenvalue weighted by molar-refractivity contribution is 7.89. The molecule has 0 aliphatic carbocycles. The normalized spacial score (nSPS) is 13.5. The number of H-pyrrole nitrogens is 1. The lowest BCUT2D eigenvalue weighted by atomic mass is 10.3. The molecule has 116 valence electrons. The van der Waals surface area contributed by atoms with Gasteiger partial charge in [0.15, 0.2) is 0 Å². The smallest absolute Gasteiger partial charge is 0.244 e. The van der Waals surface area contributed by atoms with Crippen molar-refractivity contribution in [1.29, 1.82) is 0 Å². The Labute approximate surface area is 128 Å². The van der Waals surface area contributed by atoms with Crippen molar-refractivity contribution in [3.63, 3.8) is 0 Å². The fourth-order valence-electron chi connectivity index (χ4n) is 1.98. The van der Waals surface area contributed by atoms with Gasteiger partial charge in [-0.25, -0.2) is 18.1 Å². The number of nitrogens with one attached hydrogen (secondary N) is 3. The van der Waals surface area contributed by atoms with E-state index in [1.165, 1.54) is 11.3 Å². The largest absolute Gasteiger partial charge is 0.311 e. The van der Waals surface area contributed by atoms with Crippen LogP contribution in [0.15, 0.2) is 16.5 Å². The number of aromatic nitrogens is 3. The van der Waals surface area contributed by atoms with E-state index in [0.717, 1.165) is 11.6 Å². The van der Waals surface area contributed by atoms with E-state index in [4.69, 9.17) is 0 Å². The Kier molecular flexibility index (Phi) is 5.09. The van der Waals surface area contributed by atoms with Gasteiger partial charge in [-0.1, -0.05) is 6.92 Å². The molecule has 2 rings (SSSR count). The molecule has 1 atom stereocenters. The van der Waals surface area contributed by atoms with Gasteiger partial charge in [0.1, 0.15) is 9.90 Å². The minimum absolute atomic E-state index is 0.215. The molecule has 0 spiro atoms. The van der Waals surface area contributed by atoms with Crippen LogP contribution in [0, 0.1) is 6.92 Å². The molecular weight excluding hydrogens is 310 g/mol. The van der Waals surface area contributed by atoms with Gasteiger partial charge in [0.25, 0.3) is 0 Å². The Morgan fingerprint density at radius 2 is 2.24 bits per heavy atom. The van der Waals surface area contributed by atoms with E-state index >= 15 is 0 Å². The quantitative estimate of drug-likeness (QED) is 0.711. The molecule has 0 radical (unpaired) electrons. The maximum absolute atomic E-state index is 12.6. The van der Waals surface area contributed by atoms with Crippen LogP contribution < -0.4 is 10.0 Å². The molecule has 0 saturated heterocycles. The van der Waals surface area contributed by atoms with Crippen LogP contribution in [0.25, 0.3) is 0 Å². The number of hydrogen-bond donors (Lipinski definition) is 3. The van der Waals surface area contributed by atoms with Crippen LogP contribution in [0.4, 0.5) is 0 Å². The number of rotatable bonds is 7. The number of aromatic amines is 1. The van der Waals surface area contributed by atoms with E-state index in [9.17, 15) is 8.42 Å². The third-order valence-corrected chi connectivity index (χ3v) is 5.63. The summed E-state index contributed by atoms with van der Waals surface area (Å²) in [5, 5.41) is 12.4. The van der Waals surface area contributed by atoms with Crippen molar-refractivity contribution in [3.8, 4) is 0 Å². The van der Waals surface area contributed by atoms with Gasteiger partial charge >= 0.3 is 0 Å². The zero-order valence-corrected chi connectivity index (χ0v) is 13.8. The first kappa shape index (κ1) is 16.1. The first-order valence-corrected chi connectivity index (χ1v) is 8.98. The summed E-state index contributed by atoms with van der Waals surface area (Å²) < 4.78 is 27.8. The van der Waals surface area contributed by atoms with Gasteiger partial charge in [0, 0.05) is 18.1 Å². The SMILES string of the molecule is CCNCc1n[nH]c(C)c1S(=O)(=O)NC(C)c1nccs1. The maximum atomic E-state index is 12.6. The molecule has 0 aliphatic rings. The fourth-order valence-corrected chi connectivity index (χ4v) is 4.27. The summed E-state index contributed by atoms with van der Waals surface area (Å²) in [6, 6.07) is -0.378. The summed E-state index contributed by atoms with van der Waals surface area (Å²) in [5.41, 5.74) is 1.02. The molecule has 0 fully saturated rings. The Bertz CT molecular complexity index is 679. The molecular formula is C12H19N5O2S2. The number of thiazole rings is 1. The number of sulfonamides is 1. The monoisotopic (exact) mass is 329 g/mol. The van der Waals surface area contributed by atoms with Crippen LogP contribution in [0.5, 0.6) is 0 Å². The lowest BCUT2D eigenvalue weighted by Crippen LogP contribution is -2.28. The number of aryl methyl sites for hydroxylation is 1. The van der Waals surface area contributed by atoms with Crippen molar-refractivity contribution in [2.45, 2.75) is 38.3 Å². The molecule has 3 N–H and O–H groups in total. The predicted octanol–water partition coefficient (Wildman–Crippen LogP) is 1.32. The van der Waals surface area contributed by atoms with E-state index in [1.54, 1.807) is 20.0 Å². The van der Waals surface area contributed by atoms with Crippen molar-refractivity contribution in [2.75, 3.05) is 6.54 Å². The number of hydrogen-bond acceptors (Lipinski definition) is 6. The van der Waals surface area contributed by atoms with Crippen LogP contribution in [0.2, 0.25) is 0 Å². The van der Waals surface area contributed by atoms with Crippen LogP contribution in [-0.2, 0) is 16.6 Å². The third-order valence-electron chi connectivity index (χ3n) is 2.93. The van der Waals surface area contributed by atoms with E-state index < -0.39 is 10.0 Å². The van der Waals surface area contributed by atoms with Gasteiger partial charge in [-0.3, -0.25) is 5.10 Å². The topological polar surface area (TPSA) is 99.8 Å². The molecule has 21 heavy (non-hydrogen) atoms. The lowest BCUT2D eigenvalue weighted by molar-refractivity contribution is 0.563. The van der Waals surface area contributed by atoms with E-state index in [-0.39, 0.29) is 10.9 Å². The summed E-state index contributed by atoms with van der Waals surface area (Å²) >= 11 is 1.42. The minimum Gasteiger partial charge on any atom is -0.311 e. The highest BCUT2D eigenvalue weighted by Gasteiger charge is 2.26. The van der Waals surface area contributed by atoms with Gasteiger partial charge in [-0.15, -0.1) is 11.3 Å². The molecule has 1 unspecified atom stereocenters. The average Bonchev–Trinajstić information content (AvgIpc) is 3.05. The second kappa shape index (κ2) is 6.65. The molecule has 0 bridgehead atoms. The van der Waals surface area contributed by atoms with E-state index in [2.05, 4.69) is 25.2 Å². The highest BCUT2D eigenvalue weighted by Crippen LogP contribution is 2.22. The Hall–Kier alpha value is -1.29. The van der Waals surface area contributed by atoms with Crippen LogP contribution in [-0.4, -0.2) is 30.1 Å². The number of nitrogens with zero attached hydrogens (tertiary/aromatic N) is 2. The summed E-state index contributed by atoms with van der Waals surface area (Å²) in [4.78, 5) is 4.35. The van der Waals surface area contributed by atoms with E-state index in [0.29, 0.717) is 17.9 Å². The molecule has 2 aromatic rings. The van der Waals surface area contributed by atoms with Gasteiger partial charge in [-0.05, 0) is 20.4 Å². The second-order valence-electron chi connectivity index (χ2n) is 4.62. The van der Waals surface area contributed by atoms with Crippen LogP contribution >= 0.6 is 11.3 Å². The molecule has 2 aromatic heterocycles. The van der Waals surface area contributed by atoms with Crippen molar-refractivity contribution in [2.24, 2.45) is 0 Å². The van der Waals surface area contributed by atoms with Crippen molar-refractivity contribution < 1.29 is 8.42 Å². The molecule has 0 saturated carbocycles. The summed E-state index contributed by atoms with van der Waals surface area (Å²) in [6.07, 6.45) is 1.66. The summed E-state index contributed by atoms with van der Waals surface area (Å²) in [5.74, 6) is 0. The van der Waals surface area contributed by atoms with Crippen molar-refractivity contribution >= 4 is 21.4 Å². The molecule has 0 aliphatic heterocycles. The zero-order chi connectivity index (χ0) is 15.5. The third kappa shape index (κ3) is 3.67. The Morgan fingerprint density at radius 3 is 2.86 bits per heavy atom. The molecule has 0 aromatic carbocycles. The van der Waals surface area contributed by atoms with Gasteiger partial charge in [-0.2, -0.15) is 5.10 Å². The molecule has 7 nitrogen and oxygen atoms in total. The standard InChI is InChI=1S/C12H19N5O2S2/c1-4-13-7-10-11(8(2)15-16-10)21(18,19)17-9(3)12-14-5-6-20-12/h5-6,9,13,17H,4,7H2,1-3H3,(H,15,16). The summed E-state index contributed by atoms with van der Waals surface area (Å²) in [6.45, 7) is 6.58. The Balaban J connectivity index is 2.25. The predicted molar refractivity (Wildman–Crippen MR) is 81.6 cm³/mol. The average molecular weight is 329 g/mol. The fraction of sp³-hybridized carbons (Fsp3) is 0.500. The van der Waals surface area contributed by atoms with Gasteiger partial charge in [0.05, 0.1) is 17.4 Å². The molecule has 9 heteroatoms. The first-order valence-electron chi connectivity index (χ1n) is 6.62. The summed E-state index contributed by atoms with van der Waals surface area (Å²) in [7, 11) is -3.65. The van der Waals surface area contributed by atoms with Crippen molar-refractivity contribution in [1.82, 2.24) is 25.2 Å². The Morgan fingerprint density at radius 1 is 1.48 bits per heavy atom. The van der Waals surface area contributed by atoms with Crippen LogP contribution in [0.3, 0.4) is 0 Å². The van der Waals surface area contributed by atoms with Gasteiger partial charge < -0.3 is 5.32 Å². The minimum atomic E-state index is -3.65. The van der Waals surface area contributed by atoms with E-state index in [1.807, 2.05) is 12.3 Å².